The van der Waals surface area contributed by atoms with Crippen molar-refractivity contribution in [3.05, 3.63) is 61.3 Å². The molecule has 2 aromatic carbocycles. The minimum atomic E-state index is -2.78. The van der Waals surface area contributed by atoms with Gasteiger partial charge >= 0.3 is 0 Å². The summed E-state index contributed by atoms with van der Waals surface area (Å²) < 4.78 is 27.0. The second-order valence-electron chi connectivity index (χ2n) is 13.1. The Morgan fingerprint density at radius 2 is 1.83 bits per heavy atom. The smallest absolute Gasteiger partial charge is 0.231 e. The number of anilines is 5. The van der Waals surface area contributed by atoms with Crippen LogP contribution in [0.15, 0.2) is 61.3 Å². The van der Waals surface area contributed by atoms with E-state index in [1.165, 1.54) is 0 Å². The molecule has 2 saturated heterocycles. The van der Waals surface area contributed by atoms with Gasteiger partial charge < -0.3 is 34.6 Å². The van der Waals surface area contributed by atoms with Crippen LogP contribution in [0.4, 0.5) is 28.8 Å². The maximum absolute atomic E-state index is 13.6. The Labute approximate surface area is 277 Å². The number of benzene rings is 2. The van der Waals surface area contributed by atoms with Gasteiger partial charge in [0.05, 0.1) is 40.9 Å². The summed E-state index contributed by atoms with van der Waals surface area (Å²) in [4.78, 5) is 24.3. The van der Waals surface area contributed by atoms with E-state index in [9.17, 15) is 4.57 Å². The molecule has 2 aliphatic rings. The highest BCUT2D eigenvalue weighted by Crippen LogP contribution is 2.48. The first-order valence-corrected chi connectivity index (χ1v) is 18.5. The van der Waals surface area contributed by atoms with Gasteiger partial charge in [-0.25, -0.2) is 0 Å². The zero-order valence-corrected chi connectivity index (χ0v) is 28.2. The molecular formula is C34H37N10O3P. The van der Waals surface area contributed by atoms with E-state index in [-0.39, 0.29) is 0 Å². The van der Waals surface area contributed by atoms with Crippen LogP contribution in [0.5, 0.6) is 5.75 Å². The molecule has 0 unspecified atom stereocenters. The zero-order chi connectivity index (χ0) is 33.0. The van der Waals surface area contributed by atoms with Crippen molar-refractivity contribution in [1.29, 1.82) is 0 Å². The van der Waals surface area contributed by atoms with Crippen molar-refractivity contribution < 1.29 is 14.0 Å². The zero-order valence-electron chi connectivity index (χ0n) is 27.3. The maximum atomic E-state index is 13.6. The number of H-pyrrole nitrogens is 1. The highest BCUT2D eigenvalue weighted by molar-refractivity contribution is 7.71. The molecule has 0 saturated carbocycles. The summed E-state index contributed by atoms with van der Waals surface area (Å²) >= 11 is 0. The fourth-order valence-electron chi connectivity index (χ4n) is 6.95. The molecule has 0 atom stereocenters. The van der Waals surface area contributed by atoms with Crippen LogP contribution in [0.1, 0.15) is 12.8 Å². The maximum Gasteiger partial charge on any atom is 0.231 e. The van der Waals surface area contributed by atoms with E-state index in [2.05, 4.69) is 47.7 Å². The predicted octanol–water partition coefficient (Wildman–Crippen LogP) is 5.66. The lowest BCUT2D eigenvalue weighted by molar-refractivity contribution is -0.000166. The van der Waals surface area contributed by atoms with E-state index in [1.807, 2.05) is 48.5 Å². The summed E-state index contributed by atoms with van der Waals surface area (Å²) in [5.41, 5.74) is 6.73. The lowest BCUT2D eigenvalue weighted by Crippen LogP contribution is -2.58. The summed E-state index contributed by atoms with van der Waals surface area (Å²) in [7, 11) is 0.809. The number of aromatic amines is 1. The van der Waals surface area contributed by atoms with Crippen LogP contribution in [0, 0.1) is 5.41 Å². The molecule has 13 nitrogen and oxygen atoms in total. The quantitative estimate of drug-likeness (QED) is 0.173. The second kappa shape index (κ2) is 11.6. The molecule has 6 aromatic rings. The highest BCUT2D eigenvalue weighted by atomic mass is 31.2. The van der Waals surface area contributed by atoms with Gasteiger partial charge in [-0.05, 0) is 50.4 Å². The number of hydrogen-bond acceptors (Lipinski definition) is 11. The molecule has 246 valence electrons. The third-order valence-corrected chi connectivity index (χ3v) is 10.9. The molecule has 0 radical (unpaired) electrons. The van der Waals surface area contributed by atoms with Crippen LogP contribution in [0.2, 0.25) is 0 Å². The van der Waals surface area contributed by atoms with Gasteiger partial charge in [0.1, 0.15) is 29.9 Å². The SMILES string of the molecule is COc1cc(N2CC3(CCOCC3)C2)c(-c2cnn(C)c2)cc1Nc1nc(Nc2ccc3nccnc3c2P(C)(C)=O)c2cc[nH]c2n1. The summed E-state index contributed by atoms with van der Waals surface area (Å²) in [5, 5.41) is 12.8. The molecule has 6 heterocycles. The standard InChI is InChI=1S/C34H37N10O3P/c1-43-18-21(17-38-43)23-15-26(28(46-2)16-27(23)44-19-34(20-44)8-13-47-14-9-34)40-33-41-31-22(7-10-37-31)32(42-33)39-25-6-5-24-29(36-12-11-35-24)30(25)48(3,4)45/h5-7,10-12,15-18H,8-9,13-14,19-20H2,1-4H3,(H3,37,39,40,41,42). The first-order valence-electron chi connectivity index (χ1n) is 15.9. The van der Waals surface area contributed by atoms with E-state index >= 15 is 0 Å². The molecule has 2 fully saturated rings. The van der Waals surface area contributed by atoms with Gasteiger partial charge in [-0.15, -0.1) is 0 Å². The summed E-state index contributed by atoms with van der Waals surface area (Å²) in [6.07, 6.45) is 11.1. The van der Waals surface area contributed by atoms with Crippen molar-refractivity contribution in [2.24, 2.45) is 12.5 Å². The van der Waals surface area contributed by atoms with Gasteiger partial charge in [-0.2, -0.15) is 15.1 Å². The number of rotatable bonds is 8. The molecular weight excluding hydrogens is 627 g/mol. The summed E-state index contributed by atoms with van der Waals surface area (Å²) in [6.45, 7) is 7.07. The van der Waals surface area contributed by atoms with Gasteiger partial charge in [0.25, 0.3) is 0 Å². The van der Waals surface area contributed by atoms with Crippen LogP contribution >= 0.6 is 7.14 Å². The third kappa shape index (κ3) is 5.42. The molecule has 3 N–H and O–H groups in total. The average Bonchev–Trinajstić information content (AvgIpc) is 3.72. The van der Waals surface area contributed by atoms with Crippen molar-refractivity contribution in [1.82, 2.24) is 34.7 Å². The monoisotopic (exact) mass is 664 g/mol. The lowest BCUT2D eigenvalue weighted by atomic mass is 9.73. The van der Waals surface area contributed by atoms with Crippen LogP contribution in [0.3, 0.4) is 0 Å². The number of nitrogens with one attached hydrogen (secondary N) is 3. The molecule has 2 aliphatic heterocycles. The van der Waals surface area contributed by atoms with Crippen LogP contribution in [-0.2, 0) is 16.3 Å². The number of fused-ring (bicyclic) bond motifs is 2. The molecule has 0 aliphatic carbocycles. The molecule has 14 heteroatoms. The third-order valence-electron chi connectivity index (χ3n) is 9.35. The Morgan fingerprint density at radius 1 is 1.02 bits per heavy atom. The minimum absolute atomic E-state index is 0.304. The normalized spacial score (nSPS) is 16.0. The molecule has 0 amide bonds. The average molecular weight is 665 g/mol. The van der Waals surface area contributed by atoms with Gasteiger partial charge in [-0.3, -0.25) is 14.6 Å². The summed E-state index contributed by atoms with van der Waals surface area (Å²) in [5.74, 6) is 1.58. The van der Waals surface area contributed by atoms with Gasteiger partial charge in [0.15, 0.2) is 0 Å². The Kier molecular flexibility index (Phi) is 7.34. The Hall–Kier alpha value is -5.00. The second-order valence-corrected chi connectivity index (χ2v) is 16.2. The van der Waals surface area contributed by atoms with Gasteiger partial charge in [-0.1, -0.05) is 0 Å². The fraction of sp³-hybridized carbons (Fsp3) is 0.324. The van der Waals surface area contributed by atoms with Gasteiger partial charge in [0, 0.05) is 86.4 Å². The van der Waals surface area contributed by atoms with Crippen molar-refractivity contribution in [2.45, 2.75) is 12.8 Å². The minimum Gasteiger partial charge on any atom is -0.494 e. The molecule has 0 bridgehead atoms. The topological polar surface area (TPSA) is 148 Å². The van der Waals surface area contributed by atoms with Crippen molar-refractivity contribution >= 4 is 63.3 Å². The number of nitrogens with zero attached hydrogens (tertiary/aromatic N) is 7. The molecule has 4 aromatic heterocycles. The van der Waals surface area contributed by atoms with Crippen molar-refractivity contribution in [3.63, 3.8) is 0 Å². The Bertz CT molecular complexity index is 2210. The number of hydrogen-bond donors (Lipinski definition) is 3. The first kappa shape index (κ1) is 30.3. The predicted molar refractivity (Wildman–Crippen MR) is 189 cm³/mol. The number of aromatic nitrogens is 7. The van der Waals surface area contributed by atoms with E-state index in [0.29, 0.717) is 56.3 Å². The highest BCUT2D eigenvalue weighted by Gasteiger charge is 2.44. The molecule has 1 spiro atoms. The summed E-state index contributed by atoms with van der Waals surface area (Å²) in [6, 6.07) is 9.83. The van der Waals surface area contributed by atoms with E-state index in [0.717, 1.165) is 61.3 Å². The van der Waals surface area contributed by atoms with E-state index in [1.54, 1.807) is 32.8 Å². The van der Waals surface area contributed by atoms with Crippen LogP contribution in [-0.4, -0.2) is 81.4 Å². The van der Waals surface area contributed by atoms with E-state index < -0.39 is 7.14 Å². The van der Waals surface area contributed by atoms with E-state index in [4.69, 9.17) is 19.4 Å². The van der Waals surface area contributed by atoms with Crippen molar-refractivity contribution in [2.75, 3.05) is 62.3 Å². The largest absolute Gasteiger partial charge is 0.494 e. The Morgan fingerprint density at radius 3 is 2.58 bits per heavy atom. The van der Waals surface area contributed by atoms with Crippen LogP contribution in [0.25, 0.3) is 33.2 Å². The van der Waals surface area contributed by atoms with Crippen LogP contribution < -0.4 is 25.6 Å². The van der Waals surface area contributed by atoms with Gasteiger partial charge in [0.2, 0.25) is 5.95 Å². The fourth-order valence-corrected chi connectivity index (χ4v) is 8.34. The molecule has 48 heavy (non-hydrogen) atoms. The lowest BCUT2D eigenvalue weighted by Gasteiger charge is -2.53. The number of aryl methyl sites for hydroxylation is 1. The molecule has 8 rings (SSSR count). The first-order chi connectivity index (χ1) is 23.2. The number of ether oxygens (including phenoxy) is 2. The van der Waals surface area contributed by atoms with Crippen molar-refractivity contribution in [3.8, 4) is 16.9 Å². The number of methoxy groups -OCH3 is 1. The Balaban J connectivity index is 1.18.